The Kier molecular flexibility index (Phi) is 7.22. The van der Waals surface area contributed by atoms with E-state index in [4.69, 9.17) is 0 Å². The predicted octanol–water partition coefficient (Wildman–Crippen LogP) is 3.11. The van der Waals surface area contributed by atoms with Crippen molar-refractivity contribution < 1.29 is 14.5 Å². The zero-order valence-electron chi connectivity index (χ0n) is 16.2. The van der Waals surface area contributed by atoms with E-state index in [9.17, 15) is 19.7 Å². The van der Waals surface area contributed by atoms with Crippen molar-refractivity contribution in [1.82, 2.24) is 4.90 Å². The molecule has 0 saturated heterocycles. The molecule has 0 aromatic heterocycles. The van der Waals surface area contributed by atoms with Crippen LogP contribution < -0.4 is 10.6 Å². The molecule has 0 aliphatic heterocycles. The number of carbonyl (C=O) groups is 2. The van der Waals surface area contributed by atoms with Crippen molar-refractivity contribution in [1.29, 1.82) is 0 Å². The number of carbonyl (C=O) groups excluding carboxylic acids is 2. The van der Waals surface area contributed by atoms with Crippen LogP contribution in [0.4, 0.5) is 17.1 Å². The van der Waals surface area contributed by atoms with Crippen molar-refractivity contribution in [2.24, 2.45) is 0 Å². The van der Waals surface area contributed by atoms with E-state index in [1.807, 2.05) is 32.0 Å². The van der Waals surface area contributed by atoms with Crippen LogP contribution in [0.25, 0.3) is 0 Å². The first-order valence-electron chi connectivity index (χ1n) is 8.85. The quantitative estimate of drug-likeness (QED) is 0.537. The highest BCUT2D eigenvalue weighted by molar-refractivity contribution is 5.94. The second-order valence-corrected chi connectivity index (χ2v) is 6.66. The Morgan fingerprint density at radius 2 is 1.68 bits per heavy atom. The van der Waals surface area contributed by atoms with E-state index in [0.717, 1.165) is 16.8 Å². The monoisotopic (exact) mass is 384 g/mol. The van der Waals surface area contributed by atoms with Gasteiger partial charge in [-0.05, 0) is 38.1 Å². The van der Waals surface area contributed by atoms with Gasteiger partial charge >= 0.3 is 0 Å². The lowest BCUT2D eigenvalue weighted by Gasteiger charge is -2.17. The standard InChI is InChI=1S/C20H24N4O4/c1-14-6-4-7-15(2)20(14)22-19(26)13-23(3)11-10-18(25)21-16-8-5-9-17(12-16)24(27)28/h4-9,12H,10-11,13H2,1-3H3,(H,21,25)(H,22,26). The predicted molar refractivity (Wildman–Crippen MR) is 108 cm³/mol. The molecule has 2 rings (SSSR count). The fraction of sp³-hybridized carbons (Fsp3) is 0.300. The van der Waals surface area contributed by atoms with E-state index in [-0.39, 0.29) is 30.5 Å². The number of nitro groups is 1. The maximum Gasteiger partial charge on any atom is 0.271 e. The molecule has 0 aliphatic rings. The summed E-state index contributed by atoms with van der Waals surface area (Å²) in [5.74, 6) is -0.429. The second kappa shape index (κ2) is 9.61. The van der Waals surface area contributed by atoms with Crippen LogP contribution in [0.5, 0.6) is 0 Å². The molecule has 0 bridgehead atoms. The Labute approximate surface area is 163 Å². The van der Waals surface area contributed by atoms with Gasteiger partial charge in [-0.1, -0.05) is 24.3 Å². The number of nitrogens with zero attached hydrogens (tertiary/aromatic N) is 2. The summed E-state index contributed by atoms with van der Waals surface area (Å²) in [6, 6.07) is 11.6. The molecule has 0 saturated carbocycles. The molecule has 2 aromatic carbocycles. The zero-order chi connectivity index (χ0) is 20.7. The molecule has 0 unspecified atom stereocenters. The van der Waals surface area contributed by atoms with Gasteiger partial charge in [0, 0.05) is 36.5 Å². The third-order valence-corrected chi connectivity index (χ3v) is 4.22. The van der Waals surface area contributed by atoms with Crippen LogP contribution in [0.3, 0.4) is 0 Å². The van der Waals surface area contributed by atoms with Crippen molar-refractivity contribution in [3.8, 4) is 0 Å². The number of nitrogens with one attached hydrogen (secondary N) is 2. The molecular weight excluding hydrogens is 360 g/mol. The van der Waals surface area contributed by atoms with E-state index < -0.39 is 4.92 Å². The Balaban J connectivity index is 1.80. The highest BCUT2D eigenvalue weighted by Crippen LogP contribution is 2.19. The SMILES string of the molecule is Cc1cccc(C)c1NC(=O)CN(C)CCC(=O)Nc1cccc([N+](=O)[O-])c1. The van der Waals surface area contributed by atoms with Crippen LogP contribution in [-0.2, 0) is 9.59 Å². The lowest BCUT2D eigenvalue weighted by atomic mass is 10.1. The number of aryl methyl sites for hydroxylation is 2. The highest BCUT2D eigenvalue weighted by Gasteiger charge is 2.12. The van der Waals surface area contributed by atoms with Gasteiger partial charge in [-0.15, -0.1) is 0 Å². The number of non-ortho nitro benzene ring substituents is 1. The number of amides is 2. The van der Waals surface area contributed by atoms with Crippen molar-refractivity contribution in [2.45, 2.75) is 20.3 Å². The molecule has 148 valence electrons. The number of rotatable bonds is 8. The summed E-state index contributed by atoms with van der Waals surface area (Å²) in [6.07, 6.45) is 0.163. The van der Waals surface area contributed by atoms with Gasteiger partial charge in [0.15, 0.2) is 0 Å². The smallest absolute Gasteiger partial charge is 0.271 e. The third-order valence-electron chi connectivity index (χ3n) is 4.22. The van der Waals surface area contributed by atoms with Crippen LogP contribution in [0, 0.1) is 24.0 Å². The number of nitro benzene ring substituents is 1. The van der Waals surface area contributed by atoms with Gasteiger partial charge < -0.3 is 10.6 Å². The summed E-state index contributed by atoms with van der Waals surface area (Å²) in [4.78, 5) is 36.3. The first kappa shape index (κ1) is 21.0. The molecule has 0 heterocycles. The first-order valence-corrected chi connectivity index (χ1v) is 8.85. The van der Waals surface area contributed by atoms with Crippen molar-refractivity contribution in [3.05, 3.63) is 63.7 Å². The summed E-state index contributed by atoms with van der Waals surface area (Å²) >= 11 is 0. The third kappa shape index (κ3) is 6.17. The summed E-state index contributed by atoms with van der Waals surface area (Å²) < 4.78 is 0. The molecule has 2 N–H and O–H groups in total. The fourth-order valence-electron chi connectivity index (χ4n) is 2.73. The van der Waals surface area contributed by atoms with Crippen LogP contribution >= 0.6 is 0 Å². The first-order chi connectivity index (χ1) is 13.3. The summed E-state index contributed by atoms with van der Waals surface area (Å²) in [5, 5.41) is 16.3. The van der Waals surface area contributed by atoms with Gasteiger partial charge in [0.1, 0.15) is 0 Å². The molecule has 8 nitrogen and oxygen atoms in total. The minimum atomic E-state index is -0.516. The summed E-state index contributed by atoms with van der Waals surface area (Å²) in [6.45, 7) is 4.40. The van der Waals surface area contributed by atoms with Crippen molar-refractivity contribution in [3.63, 3.8) is 0 Å². The second-order valence-electron chi connectivity index (χ2n) is 6.66. The topological polar surface area (TPSA) is 105 Å². The van der Waals surface area contributed by atoms with Gasteiger partial charge in [0.2, 0.25) is 11.8 Å². The van der Waals surface area contributed by atoms with E-state index in [1.54, 1.807) is 18.0 Å². The van der Waals surface area contributed by atoms with Crippen LogP contribution in [0.1, 0.15) is 17.5 Å². The van der Waals surface area contributed by atoms with Gasteiger partial charge in [0.25, 0.3) is 5.69 Å². The molecule has 0 aliphatic carbocycles. The number of likely N-dealkylation sites (N-methyl/N-ethyl adjacent to an activating group) is 1. The van der Waals surface area contributed by atoms with E-state index >= 15 is 0 Å². The fourth-order valence-corrected chi connectivity index (χ4v) is 2.73. The number of hydrogen-bond acceptors (Lipinski definition) is 5. The number of para-hydroxylation sites is 1. The lowest BCUT2D eigenvalue weighted by Crippen LogP contribution is -2.32. The Morgan fingerprint density at radius 3 is 2.32 bits per heavy atom. The molecule has 2 aromatic rings. The van der Waals surface area contributed by atoms with Gasteiger partial charge in [0.05, 0.1) is 11.5 Å². The molecule has 0 atom stereocenters. The van der Waals surface area contributed by atoms with Gasteiger partial charge in [-0.3, -0.25) is 24.6 Å². The zero-order valence-corrected chi connectivity index (χ0v) is 16.2. The molecule has 2 amide bonds. The lowest BCUT2D eigenvalue weighted by molar-refractivity contribution is -0.384. The van der Waals surface area contributed by atoms with Crippen LogP contribution in [0.2, 0.25) is 0 Å². The van der Waals surface area contributed by atoms with Crippen LogP contribution in [0.15, 0.2) is 42.5 Å². The largest absolute Gasteiger partial charge is 0.326 e. The molecule has 0 spiro atoms. The average Bonchev–Trinajstić information content (AvgIpc) is 2.63. The van der Waals surface area contributed by atoms with E-state index in [1.165, 1.54) is 18.2 Å². The minimum Gasteiger partial charge on any atom is -0.326 e. The van der Waals surface area contributed by atoms with Crippen LogP contribution in [-0.4, -0.2) is 41.8 Å². The van der Waals surface area contributed by atoms with Gasteiger partial charge in [-0.25, -0.2) is 0 Å². The maximum atomic E-state index is 12.2. The van der Waals surface area contributed by atoms with E-state index in [0.29, 0.717) is 12.2 Å². The maximum absolute atomic E-state index is 12.2. The number of benzene rings is 2. The van der Waals surface area contributed by atoms with Crippen molar-refractivity contribution in [2.75, 3.05) is 30.8 Å². The summed E-state index contributed by atoms with van der Waals surface area (Å²) in [7, 11) is 1.75. The number of anilines is 2. The van der Waals surface area contributed by atoms with Gasteiger partial charge in [-0.2, -0.15) is 0 Å². The molecule has 28 heavy (non-hydrogen) atoms. The average molecular weight is 384 g/mol. The summed E-state index contributed by atoms with van der Waals surface area (Å²) in [5.41, 5.74) is 3.08. The van der Waals surface area contributed by atoms with E-state index in [2.05, 4.69) is 10.6 Å². The molecular formula is C20H24N4O4. The molecule has 0 radical (unpaired) electrons. The minimum absolute atomic E-state index is 0.0851. The molecule has 0 fully saturated rings. The number of hydrogen-bond donors (Lipinski definition) is 2. The molecule has 8 heteroatoms. The normalized spacial score (nSPS) is 10.6. The van der Waals surface area contributed by atoms with Crippen molar-refractivity contribution >= 4 is 28.9 Å². The Bertz CT molecular complexity index is 862. The highest BCUT2D eigenvalue weighted by atomic mass is 16.6. The Hall–Kier alpha value is -3.26. The Morgan fingerprint density at radius 1 is 1.04 bits per heavy atom.